The van der Waals surface area contributed by atoms with Crippen LogP contribution in [0.2, 0.25) is 0 Å². The van der Waals surface area contributed by atoms with Crippen molar-refractivity contribution in [3.05, 3.63) is 12.2 Å². The second kappa shape index (κ2) is 26.4. The average Bonchev–Trinajstić information content (AvgIpc) is 2.90. The Hall–Kier alpha value is 0.0100. The number of hydrogen-bond acceptors (Lipinski definition) is 6. The Balaban J connectivity index is 4.72. The van der Waals surface area contributed by atoms with Crippen LogP contribution < -0.4 is 28.6 Å². The van der Waals surface area contributed by atoms with Crippen LogP contribution in [-0.2, 0) is 23.1 Å². The molecule has 0 aromatic heterocycles. The van der Waals surface area contributed by atoms with Gasteiger partial charge in [0, 0.05) is 0 Å². The molecule has 1 N–H and O–H groups in total. The number of rotatable bonds is 29. The van der Waals surface area contributed by atoms with Crippen LogP contribution in [0.25, 0.3) is 0 Å². The first-order valence-corrected chi connectivity index (χ1v) is 25.6. The molecular formula is C32H65INO6P-2. The third kappa shape index (κ3) is 27.3. The molecule has 3 atom stereocenters. The van der Waals surface area contributed by atoms with E-state index in [-0.39, 0.29) is 19.1 Å². The van der Waals surface area contributed by atoms with Gasteiger partial charge < -0.3 is 0 Å². The number of hydrogen-bond donors (Lipinski definition) is 1. The summed E-state index contributed by atoms with van der Waals surface area (Å²) in [5.74, 6) is -0.113. The number of phosphoric acid groups is 1. The molecule has 9 heteroatoms. The van der Waals surface area contributed by atoms with Crippen molar-refractivity contribution in [3.8, 4) is 0 Å². The van der Waals surface area contributed by atoms with Gasteiger partial charge in [-0.1, -0.05) is 97.3 Å². The summed E-state index contributed by atoms with van der Waals surface area (Å²) in [5.41, 5.74) is 0. The third-order valence-corrected chi connectivity index (χ3v) is 11.8. The molecule has 0 aromatic carbocycles. The Morgan fingerprint density at radius 2 is 1.34 bits per heavy atom. The number of methoxy groups -OCH3 is 1. The van der Waals surface area contributed by atoms with Crippen molar-refractivity contribution in [2.75, 3.05) is 39.5 Å². The van der Waals surface area contributed by atoms with Crippen LogP contribution in [0, 0.1) is 0 Å². The monoisotopic (exact) mass is 717 g/mol. The van der Waals surface area contributed by atoms with Crippen LogP contribution in [0.5, 0.6) is 0 Å². The number of nitrogens with one attached hydrogen (secondary N) is 1. The Bertz CT molecular complexity index is 700. The maximum absolute atomic E-state index is 12.7. The predicted molar refractivity (Wildman–Crippen MR) is 168 cm³/mol. The van der Waals surface area contributed by atoms with Crippen molar-refractivity contribution in [2.45, 2.75) is 142 Å². The molecule has 0 saturated carbocycles. The van der Waals surface area contributed by atoms with Gasteiger partial charge in [0.25, 0.3) is 0 Å². The van der Waals surface area contributed by atoms with Gasteiger partial charge in [-0.2, -0.15) is 0 Å². The van der Waals surface area contributed by atoms with Crippen molar-refractivity contribution in [1.82, 2.24) is 5.32 Å². The van der Waals surface area contributed by atoms with Crippen molar-refractivity contribution in [3.63, 3.8) is 0 Å². The molecule has 0 aliphatic heterocycles. The summed E-state index contributed by atoms with van der Waals surface area (Å²) in [6.07, 6.45) is 24.5. The van der Waals surface area contributed by atoms with Crippen LogP contribution in [0.1, 0.15) is 129 Å². The quantitative estimate of drug-likeness (QED) is 0.0398. The molecule has 0 bridgehead atoms. The number of phosphoric ester groups is 1. The molecule has 248 valence electrons. The summed E-state index contributed by atoms with van der Waals surface area (Å²) in [6.45, 7) is 4.34. The predicted octanol–water partition coefficient (Wildman–Crippen LogP) is 4.66. The fourth-order valence-electron chi connectivity index (χ4n) is 4.51. The van der Waals surface area contributed by atoms with Gasteiger partial charge in [-0.25, -0.2) is 0 Å². The molecule has 1 amide bonds. The van der Waals surface area contributed by atoms with Crippen LogP contribution in [0.15, 0.2) is 12.2 Å². The summed E-state index contributed by atoms with van der Waals surface area (Å²) in [7, 11) is -2.90. The Morgan fingerprint density at radius 1 is 0.829 bits per heavy atom. The van der Waals surface area contributed by atoms with Gasteiger partial charge in [-0.3, -0.25) is 0 Å². The van der Waals surface area contributed by atoms with Gasteiger partial charge in [-0.15, -0.1) is 0 Å². The summed E-state index contributed by atoms with van der Waals surface area (Å²) in [4.78, 5) is 31.7. The Morgan fingerprint density at radius 3 is 1.85 bits per heavy atom. The second-order valence-corrected chi connectivity index (χ2v) is 25.5. The molecule has 41 heavy (non-hydrogen) atoms. The zero-order chi connectivity index (χ0) is 30.8. The molecular weight excluding hydrogens is 652 g/mol. The molecule has 0 heterocycles. The van der Waals surface area contributed by atoms with Crippen molar-refractivity contribution in [2.24, 2.45) is 0 Å². The van der Waals surface area contributed by atoms with Crippen LogP contribution in [0.3, 0.4) is 0 Å². The van der Waals surface area contributed by atoms with E-state index < -0.39 is 38.4 Å². The van der Waals surface area contributed by atoms with Gasteiger partial charge in [0.2, 0.25) is 0 Å². The van der Waals surface area contributed by atoms with E-state index >= 15 is 0 Å². The minimum absolute atomic E-state index is 0.113. The molecule has 0 aromatic rings. The molecule has 0 fully saturated rings. The van der Waals surface area contributed by atoms with Gasteiger partial charge in [-0.05, 0) is 0 Å². The van der Waals surface area contributed by atoms with E-state index in [9.17, 15) is 14.3 Å². The standard InChI is InChI=1S/C32H66INO6P/c1-7-9-11-13-14-15-16-17-18-19-20-22-23-25-31(38-6)30(34-32(35)26-24-21-12-10-8-2)29-40-41(36,37)39-28-27-33(3,4)5/h23,25,30-31H,7-22,24,26-29H2,1-6H3,(H,34,35)(H,36,37)/q-1/p-1/b25-23+/t30-,31+/m0/s1. The first-order chi connectivity index (χ1) is 19.5. The Kier molecular flexibility index (Phi) is 26.4. The van der Waals surface area contributed by atoms with Crippen LogP contribution in [0.4, 0.5) is 0 Å². The van der Waals surface area contributed by atoms with Gasteiger partial charge in [0.05, 0.1) is 0 Å². The molecule has 0 aliphatic rings. The number of ether oxygens (including phenoxy) is 1. The molecule has 0 rings (SSSR count). The van der Waals surface area contributed by atoms with Crippen molar-refractivity contribution < 1.29 is 46.5 Å². The average molecular weight is 718 g/mol. The van der Waals surface area contributed by atoms with Crippen LogP contribution >= 0.6 is 7.82 Å². The first-order valence-electron chi connectivity index (χ1n) is 16.2. The van der Waals surface area contributed by atoms with E-state index in [4.69, 9.17) is 13.8 Å². The summed E-state index contributed by atoms with van der Waals surface area (Å²) < 4.78 is 29.2. The number of alkyl halides is 4. The summed E-state index contributed by atoms with van der Waals surface area (Å²) in [5, 5.41) is 2.96. The van der Waals surface area contributed by atoms with Crippen LogP contribution in [-0.4, -0.2) is 57.6 Å². The molecule has 0 radical (unpaired) electrons. The zero-order valence-corrected chi connectivity index (χ0v) is 30.5. The third-order valence-electron chi connectivity index (χ3n) is 7.13. The molecule has 7 nitrogen and oxygen atoms in total. The number of amides is 1. The SMILES string of the molecule is CCCCCCCCCCCCC/C=C/[C@@H](OC)[C@H](COP(=O)([O-])OCC[I-](C)(C)C)NC(=O)CCCCCCC. The van der Waals surface area contributed by atoms with E-state index in [0.717, 1.165) is 43.0 Å². The number of halogens is 1. The maximum atomic E-state index is 12.7. The normalized spacial score (nSPS) is 15.6. The van der Waals surface area contributed by atoms with E-state index in [1.54, 1.807) is 7.11 Å². The number of carbonyl (C=O) groups is 1. The van der Waals surface area contributed by atoms with Gasteiger partial charge in [0.1, 0.15) is 0 Å². The fourth-order valence-corrected chi connectivity index (χ4v) is 7.13. The van der Waals surface area contributed by atoms with Gasteiger partial charge >= 0.3 is 161 Å². The minimum Gasteiger partial charge on any atom is -0.0654 e. The van der Waals surface area contributed by atoms with E-state index in [1.807, 2.05) is 6.08 Å². The fraction of sp³-hybridized carbons (Fsp3) is 0.906. The number of unbranched alkanes of at least 4 members (excludes halogenated alkanes) is 15. The topological polar surface area (TPSA) is 96.9 Å². The molecule has 0 saturated heterocycles. The number of carbonyl (C=O) groups excluding carboxylic acids is 1. The van der Waals surface area contributed by atoms with Crippen molar-refractivity contribution in [1.29, 1.82) is 0 Å². The first kappa shape index (κ1) is 41.0. The summed E-state index contributed by atoms with van der Waals surface area (Å²) >= 11 is -1.85. The molecule has 0 aliphatic carbocycles. The second-order valence-electron chi connectivity index (χ2n) is 12.0. The van der Waals surface area contributed by atoms with E-state index in [2.05, 4.69) is 40.0 Å². The summed E-state index contributed by atoms with van der Waals surface area (Å²) in [6, 6.07) is -0.623. The zero-order valence-electron chi connectivity index (χ0n) is 27.4. The minimum atomic E-state index is -4.47. The number of allylic oxidation sites excluding steroid dienone is 1. The van der Waals surface area contributed by atoms with E-state index in [0.29, 0.717) is 6.42 Å². The molecule has 1 unspecified atom stereocenters. The van der Waals surface area contributed by atoms with E-state index in [1.165, 1.54) is 70.6 Å². The smallest absolute Gasteiger partial charge is 0.0654 e. The Labute approximate surface area is 257 Å². The van der Waals surface area contributed by atoms with Gasteiger partial charge in [0.15, 0.2) is 0 Å². The molecule has 0 spiro atoms. The van der Waals surface area contributed by atoms with Crippen molar-refractivity contribution >= 4 is 13.7 Å².